The minimum atomic E-state index is -0.370. The topological polar surface area (TPSA) is 115 Å². The van der Waals surface area contributed by atoms with Crippen LogP contribution in [0.25, 0.3) is 21.9 Å². The van der Waals surface area contributed by atoms with Crippen LogP contribution in [0.3, 0.4) is 0 Å². The summed E-state index contributed by atoms with van der Waals surface area (Å²) in [5.74, 6) is 2.39. The van der Waals surface area contributed by atoms with E-state index in [2.05, 4.69) is 33.7 Å². The van der Waals surface area contributed by atoms with Crippen LogP contribution in [0.4, 0.5) is 5.69 Å². The smallest absolute Gasteiger partial charge is 0.223 e. The first-order valence-electron chi connectivity index (χ1n) is 18.2. The fraction of sp³-hybridized carbons (Fsp3) is 0.405. The molecule has 0 saturated carbocycles. The van der Waals surface area contributed by atoms with Gasteiger partial charge < -0.3 is 34.5 Å². The van der Waals surface area contributed by atoms with E-state index in [9.17, 15) is 14.4 Å². The summed E-state index contributed by atoms with van der Waals surface area (Å²) in [5.41, 5.74) is 4.78. The summed E-state index contributed by atoms with van der Waals surface area (Å²) in [5, 5.41) is 8.59. The lowest BCUT2D eigenvalue weighted by Crippen LogP contribution is -2.30. The second-order valence-electron chi connectivity index (χ2n) is 13.5. The molecule has 4 aromatic rings. The summed E-state index contributed by atoms with van der Waals surface area (Å²) in [7, 11) is 6.42. The van der Waals surface area contributed by atoms with Crippen LogP contribution in [0.2, 0.25) is 0 Å². The van der Waals surface area contributed by atoms with E-state index < -0.39 is 0 Å². The molecule has 274 valence electrons. The lowest BCUT2D eigenvalue weighted by atomic mass is 9.95. The molecule has 2 amide bonds. The van der Waals surface area contributed by atoms with E-state index in [-0.39, 0.29) is 29.3 Å². The number of nitrogens with zero attached hydrogens (tertiary/aromatic N) is 1. The number of nitrogens with one attached hydrogen (secondary N) is 2. The van der Waals surface area contributed by atoms with E-state index in [1.54, 1.807) is 40.6 Å². The molecule has 1 fully saturated rings. The quantitative estimate of drug-likeness (QED) is 0.139. The van der Waals surface area contributed by atoms with Gasteiger partial charge in [-0.3, -0.25) is 14.4 Å². The van der Waals surface area contributed by atoms with Gasteiger partial charge in [-0.1, -0.05) is 42.8 Å². The maximum Gasteiger partial charge on any atom is 0.223 e. The number of unbranched alkanes of at least 4 members (excludes halogenated alkanes) is 2. The van der Waals surface area contributed by atoms with Crippen molar-refractivity contribution in [3.05, 3.63) is 87.6 Å². The third-order valence-electron chi connectivity index (χ3n) is 10.4. The van der Waals surface area contributed by atoms with Crippen molar-refractivity contribution in [3.8, 4) is 34.1 Å². The first-order valence-corrected chi connectivity index (χ1v) is 18.2. The highest BCUT2D eigenvalue weighted by Crippen LogP contribution is 2.50. The molecular weight excluding hydrogens is 658 g/mol. The first-order chi connectivity index (χ1) is 25.3. The maximum absolute atomic E-state index is 13.6. The van der Waals surface area contributed by atoms with Crippen molar-refractivity contribution in [1.82, 2.24) is 10.2 Å². The second kappa shape index (κ2) is 16.4. The van der Waals surface area contributed by atoms with Crippen molar-refractivity contribution in [3.63, 3.8) is 0 Å². The number of benzene rings is 3. The Kier molecular flexibility index (Phi) is 11.5. The molecule has 10 heteroatoms. The summed E-state index contributed by atoms with van der Waals surface area (Å²) in [6.07, 6.45) is 6.09. The van der Waals surface area contributed by atoms with Gasteiger partial charge in [-0.2, -0.15) is 0 Å². The summed E-state index contributed by atoms with van der Waals surface area (Å²) >= 11 is 0. The maximum atomic E-state index is 13.6. The molecule has 0 aromatic heterocycles. The highest BCUT2D eigenvalue weighted by molar-refractivity contribution is 5.92. The summed E-state index contributed by atoms with van der Waals surface area (Å²) < 4.78 is 22.8. The molecule has 0 bridgehead atoms. The first kappa shape index (κ1) is 36.5. The zero-order valence-electron chi connectivity index (χ0n) is 30.8. The summed E-state index contributed by atoms with van der Waals surface area (Å²) in [4.78, 5) is 41.4. The fourth-order valence-corrected chi connectivity index (χ4v) is 7.95. The Morgan fingerprint density at radius 3 is 2.31 bits per heavy atom. The minimum absolute atomic E-state index is 0.0645. The molecule has 2 N–H and O–H groups in total. The van der Waals surface area contributed by atoms with E-state index in [1.807, 2.05) is 30.3 Å². The van der Waals surface area contributed by atoms with Crippen molar-refractivity contribution >= 4 is 28.3 Å². The molecule has 1 aliphatic carbocycles. The lowest BCUT2D eigenvalue weighted by molar-refractivity contribution is -0.132. The molecule has 1 heterocycles. The number of aryl methyl sites for hydroxylation is 1. The summed E-state index contributed by atoms with van der Waals surface area (Å²) in [6, 6.07) is 19.3. The van der Waals surface area contributed by atoms with E-state index >= 15 is 0 Å². The zero-order valence-corrected chi connectivity index (χ0v) is 30.8. The molecule has 4 aromatic carbocycles. The average molecular weight is 708 g/mol. The van der Waals surface area contributed by atoms with Crippen LogP contribution < -0.4 is 35.0 Å². The molecule has 1 aliphatic heterocycles. The predicted molar refractivity (Wildman–Crippen MR) is 204 cm³/mol. The standard InChI is InChI=1S/C42H49N3O7/c1-26(46)44-33-19-16-27-24-38(50-3)41(51-4)42(52-5)40(27)31-17-20-34(36(47)25-32(31)33)43-22-10-6-7-15-39(48)45-23-11-14-35(45)29-18-21-37(49-2)30-13-9-8-12-28(29)30/h8-9,12-13,17-18,20-21,24-25,33,35H,6-7,10-11,14-16,19,22-23H2,1-5H3,(H,43,47)(H,44,46)/t33-,35-/m0/s1. The van der Waals surface area contributed by atoms with Gasteiger partial charge in [0, 0.05) is 37.4 Å². The van der Waals surface area contributed by atoms with Crippen molar-refractivity contribution in [2.24, 2.45) is 0 Å². The molecule has 0 unspecified atom stereocenters. The van der Waals surface area contributed by atoms with Gasteiger partial charge >= 0.3 is 0 Å². The van der Waals surface area contributed by atoms with Gasteiger partial charge in [0.15, 0.2) is 11.5 Å². The minimum Gasteiger partial charge on any atom is -0.496 e. The fourth-order valence-electron chi connectivity index (χ4n) is 7.95. The van der Waals surface area contributed by atoms with Gasteiger partial charge in [0.2, 0.25) is 23.0 Å². The van der Waals surface area contributed by atoms with E-state index in [0.717, 1.165) is 77.4 Å². The van der Waals surface area contributed by atoms with Crippen LogP contribution in [-0.4, -0.2) is 58.2 Å². The average Bonchev–Trinajstić information content (AvgIpc) is 3.53. The largest absolute Gasteiger partial charge is 0.496 e. The Bertz CT molecular complexity index is 2010. The van der Waals surface area contributed by atoms with Crippen LogP contribution in [0, 0.1) is 0 Å². The molecule has 0 radical (unpaired) electrons. The zero-order chi connectivity index (χ0) is 36.8. The summed E-state index contributed by atoms with van der Waals surface area (Å²) in [6.45, 7) is 2.84. The Morgan fingerprint density at radius 1 is 0.808 bits per heavy atom. The monoisotopic (exact) mass is 707 g/mol. The predicted octanol–water partition coefficient (Wildman–Crippen LogP) is 7.36. The Labute approximate surface area is 305 Å². The number of rotatable bonds is 13. The van der Waals surface area contributed by atoms with Gasteiger partial charge in [-0.25, -0.2) is 0 Å². The van der Waals surface area contributed by atoms with Crippen molar-refractivity contribution in [2.75, 3.05) is 46.8 Å². The van der Waals surface area contributed by atoms with E-state index in [1.165, 1.54) is 12.5 Å². The normalized spacial score (nSPS) is 16.4. The highest BCUT2D eigenvalue weighted by Gasteiger charge is 2.32. The Hall–Kier alpha value is -5.25. The van der Waals surface area contributed by atoms with Gasteiger partial charge in [-0.05, 0) is 90.4 Å². The van der Waals surface area contributed by atoms with Crippen LogP contribution in [0.5, 0.6) is 23.0 Å². The number of carbonyl (C=O) groups excluding carboxylic acids is 2. The molecular formula is C42H49N3O7. The number of hydrogen-bond donors (Lipinski definition) is 2. The van der Waals surface area contributed by atoms with Crippen LogP contribution >= 0.6 is 0 Å². The SMILES string of the molecule is COc1cc2c(c(OC)c1OC)-c1ccc(NCCCCCC(=O)N3CCC[C@H]3c3ccc(OC)c4ccccc34)c(=O)cc1[C@@H](NC(C)=O)CC2. The Balaban J connectivity index is 1.13. The molecule has 10 nitrogen and oxygen atoms in total. The number of carbonyl (C=O) groups is 2. The number of likely N-dealkylation sites (tertiary alicyclic amines) is 1. The molecule has 1 saturated heterocycles. The number of ether oxygens (including phenoxy) is 4. The van der Waals surface area contributed by atoms with E-state index in [0.29, 0.717) is 48.7 Å². The highest BCUT2D eigenvalue weighted by atomic mass is 16.5. The third kappa shape index (κ3) is 7.38. The number of anilines is 1. The number of hydrogen-bond acceptors (Lipinski definition) is 8. The van der Waals surface area contributed by atoms with Gasteiger partial charge in [0.1, 0.15) is 5.75 Å². The van der Waals surface area contributed by atoms with Crippen LogP contribution in [0.15, 0.2) is 65.5 Å². The molecule has 6 rings (SSSR count). The Morgan fingerprint density at radius 2 is 1.58 bits per heavy atom. The van der Waals surface area contributed by atoms with Gasteiger partial charge in [0.25, 0.3) is 0 Å². The van der Waals surface area contributed by atoms with Crippen LogP contribution in [0.1, 0.15) is 80.6 Å². The number of fused-ring (bicyclic) bond motifs is 4. The van der Waals surface area contributed by atoms with Crippen molar-refractivity contribution in [1.29, 1.82) is 0 Å². The van der Waals surface area contributed by atoms with E-state index in [4.69, 9.17) is 18.9 Å². The molecule has 2 atom stereocenters. The lowest BCUT2D eigenvalue weighted by Gasteiger charge is -2.26. The number of methoxy groups -OCH3 is 4. The molecule has 0 spiro atoms. The second-order valence-corrected chi connectivity index (χ2v) is 13.5. The van der Waals surface area contributed by atoms with Crippen molar-refractivity contribution < 1.29 is 28.5 Å². The van der Waals surface area contributed by atoms with Crippen LogP contribution in [-0.2, 0) is 16.0 Å². The van der Waals surface area contributed by atoms with Gasteiger partial charge in [0.05, 0.1) is 46.2 Å². The van der Waals surface area contributed by atoms with Crippen molar-refractivity contribution in [2.45, 2.75) is 70.4 Å². The number of amides is 2. The third-order valence-corrected chi connectivity index (χ3v) is 10.4. The molecule has 52 heavy (non-hydrogen) atoms. The molecule has 2 aliphatic rings. The van der Waals surface area contributed by atoms with Gasteiger partial charge in [-0.15, -0.1) is 0 Å².